The molecule has 1 aliphatic carbocycles. The lowest BCUT2D eigenvalue weighted by Gasteiger charge is -2.24. The number of nitrogens with zero attached hydrogens (tertiary/aromatic N) is 4. The van der Waals surface area contributed by atoms with Crippen molar-refractivity contribution in [1.29, 1.82) is 0 Å². The van der Waals surface area contributed by atoms with Crippen LogP contribution in [-0.2, 0) is 12.8 Å². The summed E-state index contributed by atoms with van der Waals surface area (Å²) in [6, 6.07) is 5.30. The molecule has 1 aromatic carbocycles. The standard InChI is InChI=1S/C24H25FN6O2/c1-14-18(23(32)28-16-10-8-15(25)9-11-16)13-26-22(27-14)20-7-4-12-31(20)24(33)21-17-5-2-3-6-19(17)29-30-21/h8-11,13,20H,2-7,12H2,1H3,(H,28,32)(H,29,30)/t20-/m0/s1. The summed E-state index contributed by atoms with van der Waals surface area (Å²) < 4.78 is 13.1. The first-order chi connectivity index (χ1) is 16.0. The second kappa shape index (κ2) is 8.73. The summed E-state index contributed by atoms with van der Waals surface area (Å²) in [5.41, 5.74) is 3.98. The van der Waals surface area contributed by atoms with Crippen LogP contribution in [0, 0.1) is 12.7 Å². The van der Waals surface area contributed by atoms with Crippen molar-refractivity contribution >= 4 is 17.5 Å². The fourth-order valence-electron chi connectivity index (χ4n) is 4.67. The number of aryl methyl sites for hydroxylation is 2. The number of rotatable bonds is 4. The minimum Gasteiger partial charge on any atom is -0.327 e. The first kappa shape index (κ1) is 21.2. The average molecular weight is 449 g/mol. The maximum absolute atomic E-state index is 13.3. The van der Waals surface area contributed by atoms with Crippen LogP contribution >= 0.6 is 0 Å². The Balaban J connectivity index is 1.35. The molecular weight excluding hydrogens is 423 g/mol. The number of nitrogens with one attached hydrogen (secondary N) is 2. The molecule has 170 valence electrons. The molecule has 1 aliphatic heterocycles. The fraction of sp³-hybridized carbons (Fsp3) is 0.375. The lowest BCUT2D eigenvalue weighted by atomic mass is 9.95. The topological polar surface area (TPSA) is 104 Å². The van der Waals surface area contributed by atoms with Gasteiger partial charge in [0.05, 0.1) is 17.3 Å². The summed E-state index contributed by atoms with van der Waals surface area (Å²) in [5, 5.41) is 10.1. The summed E-state index contributed by atoms with van der Waals surface area (Å²) >= 11 is 0. The molecule has 3 aromatic rings. The number of aromatic nitrogens is 4. The van der Waals surface area contributed by atoms with Crippen LogP contribution in [0.2, 0.25) is 0 Å². The number of anilines is 1. The Morgan fingerprint density at radius 1 is 1.15 bits per heavy atom. The highest BCUT2D eigenvalue weighted by molar-refractivity contribution is 6.04. The summed E-state index contributed by atoms with van der Waals surface area (Å²) in [7, 11) is 0. The van der Waals surface area contributed by atoms with Crippen molar-refractivity contribution in [2.24, 2.45) is 0 Å². The summed E-state index contributed by atoms with van der Waals surface area (Å²) in [5.74, 6) is -0.298. The van der Waals surface area contributed by atoms with E-state index in [2.05, 4.69) is 25.5 Å². The van der Waals surface area contributed by atoms with Gasteiger partial charge in [-0.15, -0.1) is 0 Å². The number of benzene rings is 1. The molecule has 0 spiro atoms. The first-order valence-electron chi connectivity index (χ1n) is 11.3. The van der Waals surface area contributed by atoms with Crippen LogP contribution in [0.1, 0.15) is 75.3 Å². The van der Waals surface area contributed by atoms with Crippen LogP contribution in [-0.4, -0.2) is 43.4 Å². The largest absolute Gasteiger partial charge is 0.327 e. The highest BCUT2D eigenvalue weighted by Crippen LogP contribution is 2.33. The van der Waals surface area contributed by atoms with E-state index >= 15 is 0 Å². The van der Waals surface area contributed by atoms with Crippen LogP contribution in [0.25, 0.3) is 0 Å². The highest BCUT2D eigenvalue weighted by atomic mass is 19.1. The predicted molar refractivity (Wildman–Crippen MR) is 119 cm³/mol. The van der Waals surface area contributed by atoms with Gasteiger partial charge in [-0.05, 0) is 69.7 Å². The van der Waals surface area contributed by atoms with Crippen LogP contribution in [0.15, 0.2) is 30.5 Å². The molecule has 0 unspecified atom stereocenters. The van der Waals surface area contributed by atoms with E-state index in [0.717, 1.165) is 49.8 Å². The van der Waals surface area contributed by atoms with Crippen molar-refractivity contribution in [2.45, 2.75) is 51.5 Å². The van der Waals surface area contributed by atoms with Crippen LogP contribution in [0.4, 0.5) is 10.1 Å². The van der Waals surface area contributed by atoms with Crippen LogP contribution < -0.4 is 5.32 Å². The van der Waals surface area contributed by atoms with Gasteiger partial charge in [0, 0.05) is 29.7 Å². The van der Waals surface area contributed by atoms with Gasteiger partial charge in [0.1, 0.15) is 5.82 Å². The van der Waals surface area contributed by atoms with Gasteiger partial charge < -0.3 is 10.2 Å². The maximum Gasteiger partial charge on any atom is 0.275 e. The highest BCUT2D eigenvalue weighted by Gasteiger charge is 2.35. The lowest BCUT2D eigenvalue weighted by molar-refractivity contribution is 0.0722. The molecule has 3 heterocycles. The Hall–Kier alpha value is -3.62. The molecule has 1 atom stereocenters. The molecule has 0 saturated carbocycles. The third kappa shape index (κ3) is 4.10. The molecule has 2 amide bonds. The molecule has 8 nitrogen and oxygen atoms in total. The summed E-state index contributed by atoms with van der Waals surface area (Å²) in [6.07, 6.45) is 7.11. The van der Waals surface area contributed by atoms with Gasteiger partial charge >= 0.3 is 0 Å². The first-order valence-corrected chi connectivity index (χ1v) is 11.3. The molecule has 2 aliphatic rings. The Kier molecular flexibility index (Phi) is 5.62. The number of hydrogen-bond donors (Lipinski definition) is 2. The molecule has 2 N–H and O–H groups in total. The number of halogens is 1. The number of carbonyl (C=O) groups excluding carboxylic acids is 2. The molecule has 33 heavy (non-hydrogen) atoms. The van der Waals surface area contributed by atoms with E-state index in [-0.39, 0.29) is 23.7 Å². The Bertz CT molecular complexity index is 1210. The summed E-state index contributed by atoms with van der Waals surface area (Å²) in [4.78, 5) is 36.8. The molecule has 5 rings (SSSR count). The molecule has 9 heteroatoms. The minimum atomic E-state index is -0.372. The number of aromatic amines is 1. The minimum absolute atomic E-state index is 0.0868. The van der Waals surface area contributed by atoms with Crippen molar-refractivity contribution in [1.82, 2.24) is 25.1 Å². The monoisotopic (exact) mass is 448 g/mol. The third-order valence-electron chi connectivity index (χ3n) is 6.42. The number of H-pyrrole nitrogens is 1. The van der Waals surface area contributed by atoms with E-state index in [1.807, 2.05) is 0 Å². The smallest absolute Gasteiger partial charge is 0.275 e. The van der Waals surface area contributed by atoms with Gasteiger partial charge in [0.15, 0.2) is 11.5 Å². The average Bonchev–Trinajstić information content (AvgIpc) is 3.47. The lowest BCUT2D eigenvalue weighted by Crippen LogP contribution is -2.32. The predicted octanol–water partition coefficient (Wildman–Crippen LogP) is 3.76. The Morgan fingerprint density at radius 3 is 2.73 bits per heavy atom. The number of likely N-dealkylation sites (tertiary alicyclic amines) is 1. The second-order valence-electron chi connectivity index (χ2n) is 8.58. The molecule has 0 bridgehead atoms. The van der Waals surface area contributed by atoms with Gasteiger partial charge in [0.2, 0.25) is 0 Å². The van der Waals surface area contributed by atoms with Crippen molar-refractivity contribution in [3.8, 4) is 0 Å². The zero-order valence-electron chi connectivity index (χ0n) is 18.4. The zero-order chi connectivity index (χ0) is 22.9. The van der Waals surface area contributed by atoms with E-state index in [9.17, 15) is 14.0 Å². The van der Waals surface area contributed by atoms with Crippen molar-refractivity contribution in [3.05, 3.63) is 70.3 Å². The van der Waals surface area contributed by atoms with Crippen molar-refractivity contribution < 1.29 is 14.0 Å². The third-order valence-corrected chi connectivity index (χ3v) is 6.42. The van der Waals surface area contributed by atoms with E-state index in [1.54, 1.807) is 11.8 Å². The number of fused-ring (bicyclic) bond motifs is 1. The molecule has 2 aromatic heterocycles. The van der Waals surface area contributed by atoms with Crippen LogP contribution in [0.5, 0.6) is 0 Å². The quantitative estimate of drug-likeness (QED) is 0.633. The van der Waals surface area contributed by atoms with E-state index < -0.39 is 0 Å². The maximum atomic E-state index is 13.3. The molecule has 0 radical (unpaired) electrons. The van der Waals surface area contributed by atoms with Gasteiger partial charge in [0.25, 0.3) is 11.8 Å². The number of amides is 2. The van der Waals surface area contributed by atoms with Gasteiger partial charge in [-0.25, -0.2) is 14.4 Å². The van der Waals surface area contributed by atoms with Crippen LogP contribution in [0.3, 0.4) is 0 Å². The Morgan fingerprint density at radius 2 is 1.94 bits per heavy atom. The number of carbonyl (C=O) groups is 2. The van der Waals surface area contributed by atoms with E-state index in [1.165, 1.54) is 30.5 Å². The van der Waals surface area contributed by atoms with Crippen molar-refractivity contribution in [2.75, 3.05) is 11.9 Å². The zero-order valence-corrected chi connectivity index (χ0v) is 18.4. The SMILES string of the molecule is Cc1nc([C@@H]2CCCN2C(=O)c2n[nH]c3c2CCCC3)ncc1C(=O)Nc1ccc(F)cc1. The van der Waals surface area contributed by atoms with E-state index in [4.69, 9.17) is 0 Å². The second-order valence-corrected chi connectivity index (χ2v) is 8.58. The van der Waals surface area contributed by atoms with Gasteiger partial charge in [-0.1, -0.05) is 0 Å². The van der Waals surface area contributed by atoms with E-state index in [0.29, 0.717) is 35.0 Å². The molecular formula is C24H25FN6O2. The number of hydrogen-bond acceptors (Lipinski definition) is 5. The van der Waals surface area contributed by atoms with Gasteiger partial charge in [-0.2, -0.15) is 5.10 Å². The summed E-state index contributed by atoms with van der Waals surface area (Å²) in [6.45, 7) is 2.37. The van der Waals surface area contributed by atoms with Crippen molar-refractivity contribution in [3.63, 3.8) is 0 Å². The van der Waals surface area contributed by atoms with Gasteiger partial charge in [-0.3, -0.25) is 14.7 Å². The normalized spacial score (nSPS) is 17.6. The molecule has 1 fully saturated rings. The Labute approximate surface area is 190 Å². The fourth-order valence-corrected chi connectivity index (χ4v) is 4.67. The molecule has 1 saturated heterocycles.